The van der Waals surface area contributed by atoms with E-state index in [0.717, 1.165) is 12.1 Å². The number of carbonyl (C=O) groups excluding carboxylic acids is 1. The average molecular weight is 319 g/mol. The van der Waals surface area contributed by atoms with Gasteiger partial charge in [-0.1, -0.05) is 29.3 Å². The molecule has 1 amide bonds. The van der Waals surface area contributed by atoms with Crippen LogP contribution in [0.3, 0.4) is 0 Å². The van der Waals surface area contributed by atoms with Gasteiger partial charge in [-0.2, -0.15) is 0 Å². The Bertz CT molecular complexity index is 549. The smallest absolute Gasteiger partial charge is 0.271 e. The Kier molecular flexibility index (Phi) is 5.94. The second-order valence-electron chi connectivity index (χ2n) is 3.81. The van der Waals surface area contributed by atoms with Crippen LogP contribution >= 0.6 is 23.2 Å². The third-order valence-corrected chi connectivity index (χ3v) is 3.26. The summed E-state index contributed by atoms with van der Waals surface area (Å²) >= 11 is 11.7. The molecule has 1 N–H and O–H groups in total. The van der Waals surface area contributed by atoms with Crippen LogP contribution in [0.2, 0.25) is 10.0 Å². The van der Waals surface area contributed by atoms with Crippen molar-refractivity contribution in [2.24, 2.45) is 0 Å². The second kappa shape index (κ2) is 7.23. The van der Waals surface area contributed by atoms with Crippen LogP contribution in [-0.2, 0) is 0 Å². The molecular weight excluding hydrogens is 307 g/mol. The molecule has 20 heavy (non-hydrogen) atoms. The van der Waals surface area contributed by atoms with Crippen molar-refractivity contribution in [3.63, 3.8) is 0 Å². The predicted molar refractivity (Wildman–Crippen MR) is 76.3 cm³/mol. The van der Waals surface area contributed by atoms with Crippen LogP contribution in [0, 0.1) is 10.1 Å². The quantitative estimate of drug-likeness (QED) is 0.496. The van der Waals surface area contributed by atoms with Gasteiger partial charge in [-0.15, -0.1) is 6.58 Å². The molecular formula is C12H12Cl2N2O4. The second-order valence-corrected chi connectivity index (χ2v) is 4.59. The maximum Gasteiger partial charge on any atom is 0.271 e. The van der Waals surface area contributed by atoms with Crippen molar-refractivity contribution < 1.29 is 14.8 Å². The average Bonchev–Trinajstić information content (AvgIpc) is 2.40. The van der Waals surface area contributed by atoms with E-state index in [9.17, 15) is 14.9 Å². The van der Waals surface area contributed by atoms with Crippen LogP contribution in [-0.4, -0.2) is 40.5 Å². The summed E-state index contributed by atoms with van der Waals surface area (Å²) in [5.74, 6) is -0.561. The van der Waals surface area contributed by atoms with E-state index in [2.05, 4.69) is 6.58 Å². The van der Waals surface area contributed by atoms with E-state index in [-0.39, 0.29) is 41.0 Å². The summed E-state index contributed by atoms with van der Waals surface area (Å²) in [6.45, 7) is 3.49. The number of aliphatic hydroxyl groups excluding tert-OH is 1. The highest BCUT2D eigenvalue weighted by molar-refractivity contribution is 6.44. The number of benzene rings is 1. The predicted octanol–water partition coefficient (Wildman–Crippen LogP) is 2.52. The molecule has 1 rings (SSSR count). The van der Waals surface area contributed by atoms with Gasteiger partial charge >= 0.3 is 0 Å². The number of hydrogen-bond acceptors (Lipinski definition) is 4. The molecule has 0 aliphatic heterocycles. The molecule has 0 heterocycles. The molecule has 1 aromatic rings. The molecule has 8 heteroatoms. The molecule has 0 aliphatic carbocycles. The zero-order valence-electron chi connectivity index (χ0n) is 10.4. The fourth-order valence-electron chi connectivity index (χ4n) is 1.56. The van der Waals surface area contributed by atoms with Gasteiger partial charge in [0.15, 0.2) is 0 Å². The van der Waals surface area contributed by atoms with E-state index in [0.29, 0.717) is 0 Å². The lowest BCUT2D eigenvalue weighted by Crippen LogP contribution is -2.34. The minimum absolute atomic E-state index is 0.0570. The van der Waals surface area contributed by atoms with E-state index in [4.69, 9.17) is 28.3 Å². The van der Waals surface area contributed by atoms with Crippen molar-refractivity contribution in [1.82, 2.24) is 4.90 Å². The SMILES string of the molecule is C=CCN(CCO)C(=O)c1cc([N+](=O)[O-])cc(Cl)c1Cl. The van der Waals surface area contributed by atoms with Crippen LogP contribution in [0.1, 0.15) is 10.4 Å². The van der Waals surface area contributed by atoms with E-state index in [1.807, 2.05) is 0 Å². The highest BCUT2D eigenvalue weighted by atomic mass is 35.5. The molecule has 0 saturated heterocycles. The summed E-state index contributed by atoms with van der Waals surface area (Å²) < 4.78 is 0. The van der Waals surface area contributed by atoms with Crippen LogP contribution < -0.4 is 0 Å². The number of non-ortho nitro benzene ring substituents is 1. The first-order valence-corrected chi connectivity index (χ1v) is 6.32. The number of carbonyl (C=O) groups is 1. The molecule has 0 spiro atoms. The van der Waals surface area contributed by atoms with Crippen LogP contribution in [0.4, 0.5) is 5.69 Å². The summed E-state index contributed by atoms with van der Waals surface area (Å²) in [5, 5.41) is 19.6. The first kappa shape index (κ1) is 16.4. The van der Waals surface area contributed by atoms with Gasteiger partial charge in [0.05, 0.1) is 27.1 Å². The molecule has 0 radical (unpaired) electrons. The van der Waals surface area contributed by atoms with Crippen molar-refractivity contribution in [3.05, 3.63) is 50.5 Å². The first-order chi connectivity index (χ1) is 9.42. The van der Waals surface area contributed by atoms with E-state index < -0.39 is 10.8 Å². The van der Waals surface area contributed by atoms with Gasteiger partial charge in [-0.3, -0.25) is 14.9 Å². The number of aliphatic hydroxyl groups is 1. The highest BCUT2D eigenvalue weighted by Crippen LogP contribution is 2.31. The van der Waals surface area contributed by atoms with Crippen molar-refractivity contribution in [2.45, 2.75) is 0 Å². The van der Waals surface area contributed by atoms with Gasteiger partial charge in [0.2, 0.25) is 0 Å². The first-order valence-electron chi connectivity index (χ1n) is 5.56. The van der Waals surface area contributed by atoms with E-state index >= 15 is 0 Å². The van der Waals surface area contributed by atoms with Gasteiger partial charge in [-0.25, -0.2) is 0 Å². The third-order valence-electron chi connectivity index (χ3n) is 2.46. The number of nitro groups is 1. The molecule has 0 aliphatic rings. The fraction of sp³-hybridized carbons (Fsp3) is 0.250. The zero-order chi connectivity index (χ0) is 15.3. The monoisotopic (exact) mass is 318 g/mol. The molecule has 0 fully saturated rings. The number of rotatable bonds is 6. The van der Waals surface area contributed by atoms with Crippen molar-refractivity contribution in [2.75, 3.05) is 19.7 Å². The summed E-state index contributed by atoms with van der Waals surface area (Å²) in [4.78, 5) is 23.7. The Balaban J connectivity index is 3.25. The van der Waals surface area contributed by atoms with Crippen LogP contribution in [0.5, 0.6) is 0 Å². The fourth-order valence-corrected chi connectivity index (χ4v) is 1.96. The summed E-state index contributed by atoms with van der Waals surface area (Å²) in [6.07, 6.45) is 1.47. The molecule has 0 bridgehead atoms. The Hall–Kier alpha value is -1.63. The standard InChI is InChI=1S/C12H12Cl2N2O4/c1-2-3-15(4-5-17)12(18)9-6-8(16(19)20)7-10(13)11(9)14/h2,6-7,17H,1,3-5H2. The number of hydrogen-bond donors (Lipinski definition) is 1. The Morgan fingerprint density at radius 1 is 1.50 bits per heavy atom. The lowest BCUT2D eigenvalue weighted by Gasteiger charge is -2.20. The van der Waals surface area contributed by atoms with Crippen LogP contribution in [0.25, 0.3) is 0 Å². The Labute approximate surface area is 125 Å². The van der Waals surface area contributed by atoms with Gasteiger partial charge in [0.1, 0.15) is 0 Å². The summed E-state index contributed by atoms with van der Waals surface area (Å²) in [7, 11) is 0. The number of amides is 1. The number of nitrogens with zero attached hydrogens (tertiary/aromatic N) is 2. The molecule has 1 aromatic carbocycles. The lowest BCUT2D eigenvalue weighted by atomic mass is 10.1. The maximum absolute atomic E-state index is 12.3. The van der Waals surface area contributed by atoms with Gasteiger partial charge < -0.3 is 10.0 Å². The Morgan fingerprint density at radius 2 is 2.15 bits per heavy atom. The molecule has 6 nitrogen and oxygen atoms in total. The van der Waals surface area contributed by atoms with Crippen molar-refractivity contribution >= 4 is 34.8 Å². The minimum atomic E-state index is -0.664. The molecule has 108 valence electrons. The normalized spacial score (nSPS) is 10.2. The molecule has 0 aromatic heterocycles. The van der Waals surface area contributed by atoms with Crippen molar-refractivity contribution in [1.29, 1.82) is 0 Å². The molecule has 0 unspecified atom stereocenters. The van der Waals surface area contributed by atoms with Gasteiger partial charge in [-0.05, 0) is 0 Å². The van der Waals surface area contributed by atoms with E-state index in [1.165, 1.54) is 11.0 Å². The van der Waals surface area contributed by atoms with Gasteiger partial charge in [0, 0.05) is 25.2 Å². The minimum Gasteiger partial charge on any atom is -0.395 e. The third kappa shape index (κ3) is 3.69. The maximum atomic E-state index is 12.3. The van der Waals surface area contributed by atoms with E-state index in [1.54, 1.807) is 0 Å². The Morgan fingerprint density at radius 3 is 2.65 bits per heavy atom. The molecule has 0 saturated carbocycles. The topological polar surface area (TPSA) is 83.7 Å². The summed E-state index contributed by atoms with van der Waals surface area (Å²) in [6, 6.07) is 2.13. The molecule has 0 atom stereocenters. The highest BCUT2D eigenvalue weighted by Gasteiger charge is 2.22. The zero-order valence-corrected chi connectivity index (χ0v) is 11.9. The number of nitro benzene ring substituents is 1. The summed E-state index contributed by atoms with van der Waals surface area (Å²) in [5.41, 5.74) is -0.411. The lowest BCUT2D eigenvalue weighted by molar-refractivity contribution is -0.384. The number of halogens is 2. The van der Waals surface area contributed by atoms with Gasteiger partial charge in [0.25, 0.3) is 11.6 Å². The largest absolute Gasteiger partial charge is 0.395 e. The van der Waals surface area contributed by atoms with Crippen molar-refractivity contribution in [3.8, 4) is 0 Å². The van der Waals surface area contributed by atoms with Crippen LogP contribution in [0.15, 0.2) is 24.8 Å².